The maximum Gasteiger partial charge on any atom is 0.0615 e. The largest absolute Gasteiger partial charge is 0.383 e. The summed E-state index contributed by atoms with van der Waals surface area (Å²) in [5.41, 5.74) is 1.10. The lowest BCUT2D eigenvalue weighted by atomic mass is 10.0. The molecule has 2 unspecified atom stereocenters. The summed E-state index contributed by atoms with van der Waals surface area (Å²) in [5.74, 6) is 0. The van der Waals surface area contributed by atoms with E-state index in [1.807, 2.05) is 12.1 Å². The molecule has 0 amide bonds. The van der Waals surface area contributed by atoms with E-state index in [9.17, 15) is 0 Å². The van der Waals surface area contributed by atoms with Gasteiger partial charge in [-0.05, 0) is 30.5 Å². The van der Waals surface area contributed by atoms with E-state index in [1.165, 1.54) is 0 Å². The zero-order valence-corrected chi connectivity index (χ0v) is 12.7. The molecule has 18 heavy (non-hydrogen) atoms. The minimum Gasteiger partial charge on any atom is -0.383 e. The second kappa shape index (κ2) is 8.00. The first-order valence-corrected chi connectivity index (χ1v) is 7.07. The minimum atomic E-state index is 0.231. The van der Waals surface area contributed by atoms with Crippen molar-refractivity contribution in [3.05, 3.63) is 33.8 Å². The van der Waals surface area contributed by atoms with Gasteiger partial charge in [0.1, 0.15) is 0 Å². The van der Waals surface area contributed by atoms with Crippen molar-refractivity contribution >= 4 is 23.2 Å². The third-order valence-corrected chi connectivity index (χ3v) is 3.61. The van der Waals surface area contributed by atoms with Gasteiger partial charge < -0.3 is 10.1 Å². The predicted molar refractivity (Wildman–Crippen MR) is 78.6 cm³/mol. The van der Waals surface area contributed by atoms with Gasteiger partial charge in [0.2, 0.25) is 0 Å². The molecule has 0 aliphatic rings. The van der Waals surface area contributed by atoms with Gasteiger partial charge in [0.25, 0.3) is 0 Å². The summed E-state index contributed by atoms with van der Waals surface area (Å²) in [4.78, 5) is 0. The van der Waals surface area contributed by atoms with Gasteiger partial charge >= 0.3 is 0 Å². The maximum atomic E-state index is 6.25. The summed E-state index contributed by atoms with van der Waals surface area (Å²) < 4.78 is 5.21. The van der Waals surface area contributed by atoms with Crippen LogP contribution >= 0.6 is 23.2 Å². The first-order valence-electron chi connectivity index (χ1n) is 6.32. The number of methoxy groups -OCH3 is 1. The van der Waals surface area contributed by atoms with Gasteiger partial charge in [-0.1, -0.05) is 43.1 Å². The highest BCUT2D eigenvalue weighted by Gasteiger charge is 2.16. The summed E-state index contributed by atoms with van der Waals surface area (Å²) in [6.07, 6.45) is 2.00. The molecule has 1 aromatic carbocycles. The fourth-order valence-electron chi connectivity index (χ4n) is 1.98. The van der Waals surface area contributed by atoms with E-state index in [-0.39, 0.29) is 6.04 Å². The normalized spacial score (nSPS) is 14.5. The standard InChI is InChI=1S/C14H21Cl2NO/c1-4-11(9-18-3)17-14(5-2)12-7-6-10(15)8-13(12)16/h6-8,11,14,17H,4-5,9H2,1-3H3. The number of nitrogens with one attached hydrogen (secondary N) is 1. The van der Waals surface area contributed by atoms with E-state index in [1.54, 1.807) is 13.2 Å². The lowest BCUT2D eigenvalue weighted by Gasteiger charge is -2.25. The number of ether oxygens (including phenoxy) is 1. The molecule has 0 bridgehead atoms. The molecule has 0 heterocycles. The summed E-state index contributed by atoms with van der Waals surface area (Å²) in [5, 5.41) is 4.96. The zero-order chi connectivity index (χ0) is 13.5. The Balaban J connectivity index is 2.81. The van der Waals surface area contributed by atoms with Crippen molar-refractivity contribution in [2.45, 2.75) is 38.8 Å². The van der Waals surface area contributed by atoms with Crippen molar-refractivity contribution < 1.29 is 4.74 Å². The van der Waals surface area contributed by atoms with Crippen LogP contribution in [0.25, 0.3) is 0 Å². The van der Waals surface area contributed by atoms with Crippen LogP contribution < -0.4 is 5.32 Å². The topological polar surface area (TPSA) is 21.3 Å². The third-order valence-electron chi connectivity index (χ3n) is 3.04. The Labute approximate surface area is 120 Å². The molecule has 2 atom stereocenters. The second-order valence-electron chi connectivity index (χ2n) is 4.35. The van der Waals surface area contributed by atoms with Gasteiger partial charge in [-0.15, -0.1) is 0 Å². The lowest BCUT2D eigenvalue weighted by Crippen LogP contribution is -2.35. The molecular formula is C14H21Cl2NO. The molecule has 1 N–H and O–H groups in total. The fourth-order valence-corrected chi connectivity index (χ4v) is 2.52. The van der Waals surface area contributed by atoms with Crippen molar-refractivity contribution in [3.8, 4) is 0 Å². The van der Waals surface area contributed by atoms with Gasteiger partial charge in [-0.2, -0.15) is 0 Å². The molecular weight excluding hydrogens is 269 g/mol. The lowest BCUT2D eigenvalue weighted by molar-refractivity contribution is 0.158. The average Bonchev–Trinajstić information content (AvgIpc) is 2.35. The van der Waals surface area contributed by atoms with Gasteiger partial charge in [0.05, 0.1) is 6.61 Å². The van der Waals surface area contributed by atoms with Gasteiger partial charge in [-0.25, -0.2) is 0 Å². The molecule has 0 aromatic heterocycles. The highest BCUT2D eigenvalue weighted by atomic mass is 35.5. The van der Waals surface area contributed by atoms with Crippen LogP contribution in [0.3, 0.4) is 0 Å². The monoisotopic (exact) mass is 289 g/mol. The number of hydrogen-bond donors (Lipinski definition) is 1. The van der Waals surface area contributed by atoms with Crippen molar-refractivity contribution in [1.82, 2.24) is 5.32 Å². The van der Waals surface area contributed by atoms with Crippen molar-refractivity contribution in [2.75, 3.05) is 13.7 Å². The number of benzene rings is 1. The van der Waals surface area contributed by atoms with Gasteiger partial charge in [0, 0.05) is 29.2 Å². The minimum absolute atomic E-state index is 0.231. The Morgan fingerprint density at radius 1 is 1.22 bits per heavy atom. The summed E-state index contributed by atoms with van der Waals surface area (Å²) >= 11 is 12.2. The molecule has 0 aliphatic carbocycles. The molecule has 0 saturated carbocycles. The summed E-state index contributed by atoms with van der Waals surface area (Å²) in [6.45, 7) is 4.99. The van der Waals surface area contributed by atoms with E-state index >= 15 is 0 Å². The molecule has 0 fully saturated rings. The van der Waals surface area contributed by atoms with E-state index in [0.717, 1.165) is 18.4 Å². The summed E-state index contributed by atoms with van der Waals surface area (Å²) in [7, 11) is 1.72. The van der Waals surface area contributed by atoms with Crippen molar-refractivity contribution in [2.24, 2.45) is 0 Å². The SMILES string of the molecule is CCC(COC)NC(CC)c1ccc(Cl)cc1Cl. The fraction of sp³-hybridized carbons (Fsp3) is 0.571. The molecule has 0 aliphatic heterocycles. The van der Waals surface area contributed by atoms with E-state index in [2.05, 4.69) is 19.2 Å². The number of halogens is 2. The Bertz CT molecular complexity index is 371. The Kier molecular flexibility index (Phi) is 7.02. The Morgan fingerprint density at radius 3 is 2.44 bits per heavy atom. The van der Waals surface area contributed by atoms with E-state index < -0.39 is 0 Å². The van der Waals surface area contributed by atoms with Gasteiger partial charge in [0.15, 0.2) is 0 Å². The van der Waals surface area contributed by atoms with Crippen LogP contribution in [0.5, 0.6) is 0 Å². The molecule has 102 valence electrons. The van der Waals surface area contributed by atoms with Crippen LogP contribution in [0.4, 0.5) is 0 Å². The summed E-state index contributed by atoms with van der Waals surface area (Å²) in [6, 6.07) is 6.23. The molecule has 1 aromatic rings. The van der Waals surface area contributed by atoms with Crippen LogP contribution in [0.1, 0.15) is 38.3 Å². The van der Waals surface area contributed by atoms with E-state index in [4.69, 9.17) is 27.9 Å². The predicted octanol–water partition coefficient (Wildman–Crippen LogP) is 4.46. The molecule has 4 heteroatoms. The number of rotatable bonds is 7. The van der Waals surface area contributed by atoms with Crippen molar-refractivity contribution in [3.63, 3.8) is 0 Å². The van der Waals surface area contributed by atoms with Crippen LogP contribution in [-0.2, 0) is 4.74 Å². The van der Waals surface area contributed by atoms with Crippen LogP contribution in [-0.4, -0.2) is 19.8 Å². The maximum absolute atomic E-state index is 6.25. The van der Waals surface area contributed by atoms with Crippen LogP contribution in [0, 0.1) is 0 Å². The molecule has 0 spiro atoms. The molecule has 1 rings (SSSR count). The highest BCUT2D eigenvalue weighted by molar-refractivity contribution is 6.35. The van der Waals surface area contributed by atoms with Crippen LogP contribution in [0.15, 0.2) is 18.2 Å². The Morgan fingerprint density at radius 2 is 1.94 bits per heavy atom. The smallest absolute Gasteiger partial charge is 0.0615 e. The highest BCUT2D eigenvalue weighted by Crippen LogP contribution is 2.28. The Hall–Kier alpha value is -0.280. The van der Waals surface area contributed by atoms with E-state index in [0.29, 0.717) is 22.7 Å². The first kappa shape index (κ1) is 15.8. The number of hydrogen-bond acceptors (Lipinski definition) is 2. The zero-order valence-electron chi connectivity index (χ0n) is 11.2. The van der Waals surface area contributed by atoms with Crippen LogP contribution in [0.2, 0.25) is 10.0 Å². The molecule has 2 nitrogen and oxygen atoms in total. The quantitative estimate of drug-likeness (QED) is 0.800. The molecule has 0 saturated heterocycles. The average molecular weight is 290 g/mol. The van der Waals surface area contributed by atoms with Gasteiger partial charge in [-0.3, -0.25) is 0 Å². The van der Waals surface area contributed by atoms with Crippen molar-refractivity contribution in [1.29, 1.82) is 0 Å². The third kappa shape index (κ3) is 4.43. The molecule has 0 radical (unpaired) electrons. The second-order valence-corrected chi connectivity index (χ2v) is 5.20. The first-order chi connectivity index (χ1) is 8.62.